The molecule has 1 fully saturated rings. The van der Waals surface area contributed by atoms with Gasteiger partial charge >= 0.3 is 0 Å². The summed E-state index contributed by atoms with van der Waals surface area (Å²) in [5.74, 6) is 0. The second kappa shape index (κ2) is 5.52. The molecule has 1 aromatic rings. The molecule has 17 heavy (non-hydrogen) atoms. The van der Waals surface area contributed by atoms with Crippen molar-refractivity contribution in [3.63, 3.8) is 0 Å². The van der Waals surface area contributed by atoms with E-state index in [2.05, 4.69) is 36.1 Å². The number of nitrogens with two attached hydrogens (primary N) is 1. The topological polar surface area (TPSA) is 38.5 Å². The molecule has 2 rings (SSSR count). The van der Waals surface area contributed by atoms with Gasteiger partial charge in [0.2, 0.25) is 0 Å². The molecule has 1 aliphatic heterocycles. The molecule has 0 aliphatic carbocycles. The molecule has 0 bridgehead atoms. The van der Waals surface area contributed by atoms with E-state index in [0.29, 0.717) is 6.04 Å². The number of nitrogens with zero attached hydrogens (tertiary/aromatic N) is 1. The summed E-state index contributed by atoms with van der Waals surface area (Å²) >= 11 is 0. The van der Waals surface area contributed by atoms with Crippen molar-refractivity contribution >= 4 is 5.69 Å². The van der Waals surface area contributed by atoms with Gasteiger partial charge in [-0.3, -0.25) is 0 Å². The van der Waals surface area contributed by atoms with E-state index < -0.39 is 0 Å². The molecule has 94 valence electrons. The quantitative estimate of drug-likeness (QED) is 0.872. The molecule has 2 atom stereocenters. The monoisotopic (exact) mass is 234 g/mol. The van der Waals surface area contributed by atoms with Crippen molar-refractivity contribution in [2.24, 2.45) is 5.73 Å². The maximum Gasteiger partial charge on any atom is 0.0670 e. The fourth-order valence-electron chi connectivity index (χ4n) is 2.44. The smallest absolute Gasteiger partial charge is 0.0670 e. The van der Waals surface area contributed by atoms with Crippen LogP contribution in [0.5, 0.6) is 0 Å². The Labute approximate surface area is 104 Å². The van der Waals surface area contributed by atoms with Crippen LogP contribution in [-0.4, -0.2) is 25.8 Å². The molecule has 1 aromatic carbocycles. The predicted octanol–water partition coefficient (Wildman–Crippen LogP) is 2.32. The van der Waals surface area contributed by atoms with Crippen LogP contribution in [0, 0.1) is 0 Å². The number of morpholine rings is 1. The third-order valence-corrected chi connectivity index (χ3v) is 3.44. The fraction of sp³-hybridized carbons (Fsp3) is 0.571. The third-order valence-electron chi connectivity index (χ3n) is 3.44. The first kappa shape index (κ1) is 12.4. The standard InChI is InChI=1S/C14H22N2O/c1-3-12-10-17-9-8-16(12)14-7-5-4-6-13(14)11(2)15/h4-7,11-12H,3,8-10,15H2,1-2H3/t11-,12?/m1/s1. The van der Waals surface area contributed by atoms with Crippen LogP contribution >= 0.6 is 0 Å². The van der Waals surface area contributed by atoms with Crippen molar-refractivity contribution in [2.45, 2.75) is 32.4 Å². The van der Waals surface area contributed by atoms with Gasteiger partial charge in [0.1, 0.15) is 0 Å². The number of para-hydroxylation sites is 1. The Morgan fingerprint density at radius 1 is 1.47 bits per heavy atom. The third kappa shape index (κ3) is 2.61. The Balaban J connectivity index is 2.31. The Kier molecular flexibility index (Phi) is 4.02. The van der Waals surface area contributed by atoms with Gasteiger partial charge in [0.15, 0.2) is 0 Å². The minimum Gasteiger partial charge on any atom is -0.377 e. The van der Waals surface area contributed by atoms with Crippen molar-refractivity contribution in [3.8, 4) is 0 Å². The molecule has 0 saturated carbocycles. The van der Waals surface area contributed by atoms with Crippen LogP contribution in [0.2, 0.25) is 0 Å². The van der Waals surface area contributed by atoms with Gasteiger partial charge in [-0.1, -0.05) is 25.1 Å². The first-order valence-corrected chi connectivity index (χ1v) is 6.43. The highest BCUT2D eigenvalue weighted by Gasteiger charge is 2.23. The van der Waals surface area contributed by atoms with Gasteiger partial charge < -0.3 is 15.4 Å². The van der Waals surface area contributed by atoms with E-state index in [-0.39, 0.29) is 6.04 Å². The molecule has 0 aromatic heterocycles. The number of ether oxygens (including phenoxy) is 1. The molecule has 2 N–H and O–H groups in total. The van der Waals surface area contributed by atoms with Gasteiger partial charge in [-0.15, -0.1) is 0 Å². The molecule has 1 aliphatic rings. The minimum absolute atomic E-state index is 0.0755. The van der Waals surface area contributed by atoms with E-state index >= 15 is 0 Å². The molecular weight excluding hydrogens is 212 g/mol. The Hall–Kier alpha value is -1.06. The van der Waals surface area contributed by atoms with Crippen molar-refractivity contribution in [1.82, 2.24) is 0 Å². The normalized spacial score (nSPS) is 22.5. The molecule has 3 nitrogen and oxygen atoms in total. The fourth-order valence-corrected chi connectivity index (χ4v) is 2.44. The van der Waals surface area contributed by atoms with Crippen molar-refractivity contribution in [2.75, 3.05) is 24.7 Å². The molecule has 1 heterocycles. The second-order valence-corrected chi connectivity index (χ2v) is 4.68. The summed E-state index contributed by atoms with van der Waals surface area (Å²) in [6.07, 6.45) is 1.10. The van der Waals surface area contributed by atoms with Crippen LogP contribution < -0.4 is 10.6 Å². The highest BCUT2D eigenvalue weighted by atomic mass is 16.5. The number of hydrogen-bond acceptors (Lipinski definition) is 3. The average Bonchev–Trinajstić information content (AvgIpc) is 2.38. The van der Waals surface area contributed by atoms with Gasteiger partial charge in [0.05, 0.1) is 19.3 Å². The number of hydrogen-bond donors (Lipinski definition) is 1. The summed E-state index contributed by atoms with van der Waals surface area (Å²) in [5, 5.41) is 0. The van der Waals surface area contributed by atoms with E-state index in [0.717, 1.165) is 26.2 Å². The second-order valence-electron chi connectivity index (χ2n) is 4.68. The molecule has 0 spiro atoms. The zero-order valence-electron chi connectivity index (χ0n) is 10.7. The van der Waals surface area contributed by atoms with Gasteiger partial charge in [-0.25, -0.2) is 0 Å². The summed E-state index contributed by atoms with van der Waals surface area (Å²) < 4.78 is 5.55. The lowest BCUT2D eigenvalue weighted by Crippen LogP contribution is -2.45. The lowest BCUT2D eigenvalue weighted by atomic mass is 10.0. The van der Waals surface area contributed by atoms with Crippen LogP contribution in [0.15, 0.2) is 24.3 Å². The molecule has 1 unspecified atom stereocenters. The van der Waals surface area contributed by atoms with E-state index in [1.807, 2.05) is 6.92 Å². The summed E-state index contributed by atoms with van der Waals surface area (Å²) in [5.41, 5.74) is 8.56. The number of benzene rings is 1. The lowest BCUT2D eigenvalue weighted by molar-refractivity contribution is 0.0929. The molecule has 3 heteroatoms. The zero-order valence-corrected chi connectivity index (χ0v) is 10.7. The highest BCUT2D eigenvalue weighted by Crippen LogP contribution is 2.28. The van der Waals surface area contributed by atoms with Gasteiger partial charge in [-0.05, 0) is 25.0 Å². The average molecular weight is 234 g/mol. The Morgan fingerprint density at radius 3 is 2.94 bits per heavy atom. The summed E-state index contributed by atoms with van der Waals surface area (Å²) in [6.45, 7) is 6.84. The summed E-state index contributed by atoms with van der Waals surface area (Å²) in [4.78, 5) is 2.45. The van der Waals surface area contributed by atoms with Crippen LogP contribution in [0.25, 0.3) is 0 Å². The number of rotatable bonds is 3. The van der Waals surface area contributed by atoms with Crippen LogP contribution in [-0.2, 0) is 4.74 Å². The highest BCUT2D eigenvalue weighted by molar-refractivity contribution is 5.56. The molecule has 0 radical (unpaired) electrons. The van der Waals surface area contributed by atoms with E-state index in [1.54, 1.807) is 0 Å². The maximum absolute atomic E-state index is 6.05. The van der Waals surface area contributed by atoms with Crippen molar-refractivity contribution in [3.05, 3.63) is 29.8 Å². The SMILES string of the molecule is CCC1COCCN1c1ccccc1[C@@H](C)N. The van der Waals surface area contributed by atoms with Crippen LogP contribution in [0.4, 0.5) is 5.69 Å². The minimum atomic E-state index is 0.0755. The van der Waals surface area contributed by atoms with Crippen molar-refractivity contribution < 1.29 is 4.74 Å². The number of anilines is 1. The molecule has 1 saturated heterocycles. The lowest BCUT2D eigenvalue weighted by Gasteiger charge is -2.38. The predicted molar refractivity (Wildman–Crippen MR) is 71.3 cm³/mol. The summed E-state index contributed by atoms with van der Waals surface area (Å²) in [6, 6.07) is 9.00. The van der Waals surface area contributed by atoms with Crippen LogP contribution in [0.1, 0.15) is 31.9 Å². The van der Waals surface area contributed by atoms with Crippen LogP contribution in [0.3, 0.4) is 0 Å². The first-order chi connectivity index (χ1) is 8.24. The van der Waals surface area contributed by atoms with E-state index in [1.165, 1.54) is 11.3 Å². The Morgan fingerprint density at radius 2 is 2.24 bits per heavy atom. The van der Waals surface area contributed by atoms with Crippen molar-refractivity contribution in [1.29, 1.82) is 0 Å². The zero-order chi connectivity index (χ0) is 12.3. The van der Waals surface area contributed by atoms with E-state index in [4.69, 9.17) is 10.5 Å². The maximum atomic E-state index is 6.05. The van der Waals surface area contributed by atoms with Gasteiger partial charge in [0.25, 0.3) is 0 Å². The molecule has 0 amide bonds. The summed E-state index contributed by atoms with van der Waals surface area (Å²) in [7, 11) is 0. The Bertz CT molecular complexity index is 365. The first-order valence-electron chi connectivity index (χ1n) is 6.43. The molecular formula is C14H22N2O. The van der Waals surface area contributed by atoms with Gasteiger partial charge in [0, 0.05) is 18.3 Å². The van der Waals surface area contributed by atoms with Gasteiger partial charge in [-0.2, -0.15) is 0 Å². The van der Waals surface area contributed by atoms with E-state index in [9.17, 15) is 0 Å². The largest absolute Gasteiger partial charge is 0.377 e.